The fourth-order valence-corrected chi connectivity index (χ4v) is 3.87. The molecule has 0 spiro atoms. The molecule has 2 aromatic carbocycles. The second kappa shape index (κ2) is 11.6. The molecule has 2 unspecified atom stereocenters. The number of esters is 1. The zero-order chi connectivity index (χ0) is 29.0. The van der Waals surface area contributed by atoms with Crippen molar-refractivity contribution in [1.29, 1.82) is 0 Å². The summed E-state index contributed by atoms with van der Waals surface area (Å²) in [4.78, 5) is 37.8. The van der Waals surface area contributed by atoms with Gasteiger partial charge in [0.1, 0.15) is 24.1 Å². The molecule has 1 fully saturated rings. The van der Waals surface area contributed by atoms with Gasteiger partial charge >= 0.3 is 18.2 Å². The number of hydrogen-bond donors (Lipinski definition) is 2. The van der Waals surface area contributed by atoms with E-state index in [1.54, 1.807) is 51.1 Å². The monoisotopic (exact) mass is 552 g/mol. The second-order valence-corrected chi connectivity index (χ2v) is 10.8. The molecule has 0 aliphatic heterocycles. The molecular weight excluding hydrogens is 520 g/mol. The minimum Gasteiger partial charge on any atom is -0.460 e. The molecule has 11 heteroatoms. The summed E-state index contributed by atoms with van der Waals surface area (Å²) in [6.45, 7) is 5.74. The van der Waals surface area contributed by atoms with E-state index in [1.807, 2.05) is 5.32 Å². The first kappa shape index (κ1) is 29.9. The number of nitrogens with one attached hydrogen (secondary N) is 2. The standard InChI is InChI=1S/C28H32F4N2O5/c1-17(28(30,31)32)22(34-25(37)38-16-18-8-6-5-7-9-18)23(35)33-21-14-19(10-11-20(21)29)15-27(12-13-27)24(36)39-26(2,3)4/h5-11,14,17,22H,12-13,15-16H2,1-4H3,(H,33,35)(H,34,37). The van der Waals surface area contributed by atoms with E-state index in [9.17, 15) is 31.9 Å². The summed E-state index contributed by atoms with van der Waals surface area (Å²) in [6, 6.07) is 10.1. The fourth-order valence-electron chi connectivity index (χ4n) is 3.87. The molecule has 0 saturated heterocycles. The number of hydrogen-bond acceptors (Lipinski definition) is 5. The minimum atomic E-state index is -4.85. The quantitative estimate of drug-likeness (QED) is 0.298. The highest BCUT2D eigenvalue weighted by Crippen LogP contribution is 2.50. The third-order valence-electron chi connectivity index (χ3n) is 6.30. The van der Waals surface area contributed by atoms with Crippen LogP contribution in [0, 0.1) is 17.2 Å². The van der Waals surface area contributed by atoms with Crippen LogP contribution < -0.4 is 10.6 Å². The number of ether oxygens (including phenoxy) is 2. The average molecular weight is 553 g/mol. The number of anilines is 1. The first-order valence-electron chi connectivity index (χ1n) is 12.5. The lowest BCUT2D eigenvalue weighted by atomic mass is 9.95. The Bertz CT molecular complexity index is 1190. The van der Waals surface area contributed by atoms with E-state index in [4.69, 9.17) is 9.47 Å². The molecule has 3 rings (SSSR count). The molecule has 7 nitrogen and oxygen atoms in total. The third-order valence-corrected chi connectivity index (χ3v) is 6.30. The van der Waals surface area contributed by atoms with Crippen molar-refractivity contribution in [2.45, 2.75) is 71.4 Å². The van der Waals surface area contributed by atoms with Crippen molar-refractivity contribution in [3.8, 4) is 0 Å². The van der Waals surface area contributed by atoms with Gasteiger partial charge in [0.2, 0.25) is 5.91 Å². The van der Waals surface area contributed by atoms with Gasteiger partial charge in [0.05, 0.1) is 17.0 Å². The SMILES string of the molecule is CC(C(NC(=O)OCc1ccccc1)C(=O)Nc1cc(CC2(C(=O)OC(C)(C)C)CC2)ccc1F)C(F)(F)F. The highest BCUT2D eigenvalue weighted by atomic mass is 19.4. The van der Waals surface area contributed by atoms with Crippen LogP contribution in [0.4, 0.5) is 28.0 Å². The van der Waals surface area contributed by atoms with Crippen molar-refractivity contribution in [2.75, 3.05) is 5.32 Å². The van der Waals surface area contributed by atoms with Gasteiger partial charge in [-0.25, -0.2) is 9.18 Å². The number of alkyl carbamates (subject to hydrolysis) is 1. The summed E-state index contributed by atoms with van der Waals surface area (Å²) < 4.78 is 65.7. The lowest BCUT2D eigenvalue weighted by Gasteiger charge is -2.26. The largest absolute Gasteiger partial charge is 0.460 e. The molecule has 1 saturated carbocycles. The molecule has 2 atom stereocenters. The van der Waals surface area contributed by atoms with Gasteiger partial charge in [-0.05, 0) is 63.3 Å². The molecule has 1 aliphatic rings. The molecule has 0 bridgehead atoms. The van der Waals surface area contributed by atoms with Gasteiger partial charge in [-0.3, -0.25) is 9.59 Å². The van der Waals surface area contributed by atoms with Crippen LogP contribution in [-0.4, -0.2) is 35.8 Å². The lowest BCUT2D eigenvalue weighted by Crippen LogP contribution is -2.52. The normalized spacial score (nSPS) is 16.0. The van der Waals surface area contributed by atoms with Crippen molar-refractivity contribution in [3.63, 3.8) is 0 Å². The first-order chi connectivity index (χ1) is 18.1. The van der Waals surface area contributed by atoms with Crippen molar-refractivity contribution >= 4 is 23.7 Å². The summed E-state index contributed by atoms with van der Waals surface area (Å²) >= 11 is 0. The van der Waals surface area contributed by atoms with E-state index in [0.29, 0.717) is 24.0 Å². The Balaban J connectivity index is 1.73. The Labute approximate surface area is 224 Å². The van der Waals surface area contributed by atoms with Gasteiger partial charge < -0.3 is 20.1 Å². The highest BCUT2D eigenvalue weighted by Gasteiger charge is 2.52. The molecule has 2 N–H and O–H groups in total. The lowest BCUT2D eigenvalue weighted by molar-refractivity contribution is -0.178. The number of rotatable bonds is 9. The van der Waals surface area contributed by atoms with Crippen molar-refractivity contribution < 1.29 is 41.4 Å². The molecule has 0 aromatic heterocycles. The summed E-state index contributed by atoms with van der Waals surface area (Å²) in [7, 11) is 0. The maximum atomic E-state index is 14.6. The van der Waals surface area contributed by atoms with Crippen LogP contribution in [-0.2, 0) is 32.1 Å². The van der Waals surface area contributed by atoms with Crippen molar-refractivity contribution in [3.05, 3.63) is 65.5 Å². The van der Waals surface area contributed by atoms with Crippen molar-refractivity contribution in [1.82, 2.24) is 5.32 Å². The smallest absolute Gasteiger partial charge is 0.408 e. The summed E-state index contributed by atoms with van der Waals surface area (Å²) in [5.74, 6) is -4.86. The molecule has 2 aromatic rings. The van der Waals surface area contributed by atoms with E-state index in [1.165, 1.54) is 12.1 Å². The fraction of sp³-hybridized carbons (Fsp3) is 0.464. The number of benzene rings is 2. The third kappa shape index (κ3) is 8.43. The van der Waals surface area contributed by atoms with Crippen LogP contribution in [0.5, 0.6) is 0 Å². The van der Waals surface area contributed by atoms with E-state index < -0.39 is 47.0 Å². The second-order valence-electron chi connectivity index (χ2n) is 10.8. The summed E-state index contributed by atoms with van der Waals surface area (Å²) in [5.41, 5.74) is -0.754. The summed E-state index contributed by atoms with van der Waals surface area (Å²) in [5, 5.41) is 4.11. The van der Waals surface area contributed by atoms with E-state index >= 15 is 0 Å². The predicted octanol–water partition coefficient (Wildman–Crippen LogP) is 5.92. The van der Waals surface area contributed by atoms with Gasteiger partial charge in [-0.1, -0.05) is 43.3 Å². The maximum Gasteiger partial charge on any atom is 0.408 e. The zero-order valence-corrected chi connectivity index (χ0v) is 22.2. The van der Waals surface area contributed by atoms with Crippen LogP contribution in [0.15, 0.2) is 48.5 Å². The number of carbonyl (C=O) groups excluding carboxylic acids is 3. The van der Waals surface area contributed by atoms with Crippen LogP contribution in [0.2, 0.25) is 0 Å². The Morgan fingerprint density at radius 1 is 1.00 bits per heavy atom. The van der Waals surface area contributed by atoms with Gasteiger partial charge in [-0.2, -0.15) is 13.2 Å². The van der Waals surface area contributed by atoms with Crippen LogP contribution in [0.1, 0.15) is 51.7 Å². The van der Waals surface area contributed by atoms with Gasteiger partial charge in [0, 0.05) is 0 Å². The number of amides is 2. The molecule has 1 aliphatic carbocycles. The topological polar surface area (TPSA) is 93.7 Å². The van der Waals surface area contributed by atoms with Crippen LogP contribution >= 0.6 is 0 Å². The minimum absolute atomic E-state index is 0.206. The van der Waals surface area contributed by atoms with Gasteiger partial charge in [0.25, 0.3) is 0 Å². The number of alkyl halides is 3. The number of halogens is 4. The Morgan fingerprint density at radius 3 is 2.21 bits per heavy atom. The number of carbonyl (C=O) groups is 3. The molecule has 212 valence electrons. The van der Waals surface area contributed by atoms with Crippen LogP contribution in [0.25, 0.3) is 0 Å². The Kier molecular flexibility index (Phi) is 8.92. The molecule has 2 amide bonds. The molecular formula is C28H32F4N2O5. The first-order valence-corrected chi connectivity index (χ1v) is 12.5. The average Bonchev–Trinajstić information content (AvgIpc) is 3.62. The summed E-state index contributed by atoms with van der Waals surface area (Å²) in [6.07, 6.45) is -4.74. The Morgan fingerprint density at radius 2 is 1.64 bits per heavy atom. The highest BCUT2D eigenvalue weighted by molar-refractivity contribution is 5.97. The van der Waals surface area contributed by atoms with Crippen molar-refractivity contribution in [2.24, 2.45) is 11.3 Å². The van der Waals surface area contributed by atoms with E-state index in [-0.39, 0.29) is 24.7 Å². The van der Waals surface area contributed by atoms with E-state index in [0.717, 1.165) is 13.0 Å². The van der Waals surface area contributed by atoms with Crippen LogP contribution in [0.3, 0.4) is 0 Å². The van der Waals surface area contributed by atoms with Gasteiger partial charge in [0.15, 0.2) is 0 Å². The Hall–Kier alpha value is -3.63. The molecule has 0 heterocycles. The maximum absolute atomic E-state index is 14.6. The van der Waals surface area contributed by atoms with E-state index in [2.05, 4.69) is 5.32 Å². The van der Waals surface area contributed by atoms with Gasteiger partial charge in [-0.15, -0.1) is 0 Å². The zero-order valence-electron chi connectivity index (χ0n) is 22.2. The predicted molar refractivity (Wildman–Crippen MR) is 135 cm³/mol. The molecule has 0 radical (unpaired) electrons. The molecule has 39 heavy (non-hydrogen) atoms.